The third-order valence-electron chi connectivity index (χ3n) is 3.25. The van der Waals surface area contributed by atoms with Gasteiger partial charge in [0.1, 0.15) is 5.78 Å². The summed E-state index contributed by atoms with van der Waals surface area (Å²) in [5.74, 6) is -3.97. The number of rotatable bonds is 3. The second-order valence-corrected chi connectivity index (χ2v) is 4.62. The summed E-state index contributed by atoms with van der Waals surface area (Å²) in [5, 5.41) is 0. The van der Waals surface area contributed by atoms with Gasteiger partial charge in [-0.15, -0.1) is 0 Å². The van der Waals surface area contributed by atoms with Crippen LogP contribution in [0.25, 0.3) is 0 Å². The molecule has 0 heterocycles. The first-order valence-corrected chi connectivity index (χ1v) is 5.77. The van der Waals surface area contributed by atoms with Crippen LogP contribution < -0.4 is 0 Å². The Balaban J connectivity index is 2.64. The number of hydrogen-bond donors (Lipinski definition) is 0. The number of halogens is 6. The Morgan fingerprint density at radius 3 is 2.06 bits per heavy atom. The average molecular weight is 276 g/mol. The van der Waals surface area contributed by atoms with E-state index in [1.54, 1.807) is 0 Å². The number of ketones is 1. The van der Waals surface area contributed by atoms with Gasteiger partial charge in [0.2, 0.25) is 0 Å². The molecule has 0 radical (unpaired) electrons. The Hall–Kier alpha value is -0.750. The van der Waals surface area contributed by atoms with Gasteiger partial charge in [-0.1, -0.05) is 12.8 Å². The summed E-state index contributed by atoms with van der Waals surface area (Å²) >= 11 is 0. The van der Waals surface area contributed by atoms with Gasteiger partial charge in [0.05, 0.1) is 12.3 Å². The molecule has 0 aromatic carbocycles. The lowest BCUT2D eigenvalue weighted by molar-refractivity contribution is -0.198. The smallest absolute Gasteiger partial charge is 0.299 e. The first-order valence-electron chi connectivity index (χ1n) is 5.77. The minimum absolute atomic E-state index is 0.0425. The van der Waals surface area contributed by atoms with E-state index >= 15 is 0 Å². The molecule has 0 bridgehead atoms. The van der Waals surface area contributed by atoms with Crippen molar-refractivity contribution in [3.05, 3.63) is 0 Å². The van der Waals surface area contributed by atoms with Gasteiger partial charge in [0.15, 0.2) is 0 Å². The van der Waals surface area contributed by atoms with Gasteiger partial charge in [-0.05, 0) is 12.8 Å². The molecular formula is C11H14F6O. The number of Topliss-reactive ketones (excluding diaryl/α,β-unsaturated/α-hetero) is 1. The summed E-state index contributed by atoms with van der Waals surface area (Å²) in [7, 11) is 0. The molecule has 106 valence electrons. The van der Waals surface area contributed by atoms with Crippen molar-refractivity contribution < 1.29 is 31.1 Å². The lowest BCUT2D eigenvalue weighted by Gasteiger charge is -2.32. The maximum absolute atomic E-state index is 12.7. The minimum atomic E-state index is -4.50. The molecule has 2 unspecified atom stereocenters. The van der Waals surface area contributed by atoms with Crippen LogP contribution >= 0.6 is 0 Å². The molecule has 1 aliphatic carbocycles. The summed E-state index contributed by atoms with van der Waals surface area (Å²) in [6, 6.07) is 0. The van der Waals surface area contributed by atoms with E-state index in [0.29, 0.717) is 12.8 Å². The third kappa shape index (κ3) is 4.49. The highest BCUT2D eigenvalue weighted by Gasteiger charge is 2.48. The quantitative estimate of drug-likeness (QED) is 0.704. The molecule has 1 fully saturated rings. The molecule has 1 rings (SSSR count). The number of carbonyl (C=O) groups is 1. The fourth-order valence-electron chi connectivity index (χ4n) is 2.36. The first-order chi connectivity index (χ1) is 8.11. The average Bonchev–Trinajstić information content (AvgIpc) is 2.24. The van der Waals surface area contributed by atoms with Gasteiger partial charge in [-0.3, -0.25) is 4.79 Å². The second-order valence-electron chi connectivity index (χ2n) is 4.62. The van der Waals surface area contributed by atoms with E-state index in [9.17, 15) is 31.1 Å². The van der Waals surface area contributed by atoms with Gasteiger partial charge in [0, 0.05) is 12.3 Å². The highest BCUT2D eigenvalue weighted by Crippen LogP contribution is 2.42. The Morgan fingerprint density at radius 1 is 1.00 bits per heavy atom. The lowest BCUT2D eigenvalue weighted by Crippen LogP contribution is -2.37. The highest BCUT2D eigenvalue weighted by molar-refractivity contribution is 5.81. The molecule has 0 N–H and O–H groups in total. The minimum Gasteiger partial charge on any atom is -0.299 e. The van der Waals surface area contributed by atoms with E-state index in [-0.39, 0.29) is 12.8 Å². The summed E-state index contributed by atoms with van der Waals surface area (Å²) in [5.41, 5.74) is 0. The monoisotopic (exact) mass is 276 g/mol. The van der Waals surface area contributed by atoms with Crippen LogP contribution in [0.1, 0.15) is 38.5 Å². The van der Waals surface area contributed by atoms with E-state index in [1.807, 2.05) is 0 Å². The number of alkyl halides is 6. The van der Waals surface area contributed by atoms with Crippen molar-refractivity contribution in [2.45, 2.75) is 50.9 Å². The van der Waals surface area contributed by atoms with Crippen molar-refractivity contribution in [1.29, 1.82) is 0 Å². The Bertz CT molecular complexity index is 293. The molecule has 0 saturated heterocycles. The molecule has 2 atom stereocenters. The highest BCUT2D eigenvalue weighted by atomic mass is 19.4. The van der Waals surface area contributed by atoms with Crippen molar-refractivity contribution >= 4 is 5.78 Å². The Kier molecular flexibility index (Phi) is 4.66. The summed E-state index contributed by atoms with van der Waals surface area (Å²) in [6.07, 6.45) is -10.5. The maximum Gasteiger partial charge on any atom is 0.392 e. The van der Waals surface area contributed by atoms with Gasteiger partial charge >= 0.3 is 12.4 Å². The molecule has 7 heteroatoms. The zero-order chi connectivity index (χ0) is 14.0. The van der Waals surface area contributed by atoms with Crippen molar-refractivity contribution in [1.82, 2.24) is 0 Å². The molecule has 0 aromatic rings. The molecule has 1 saturated carbocycles. The van der Waals surface area contributed by atoms with Crippen LogP contribution in [0.4, 0.5) is 26.3 Å². The van der Waals surface area contributed by atoms with Crippen LogP contribution in [-0.2, 0) is 4.79 Å². The fraction of sp³-hybridized carbons (Fsp3) is 0.909. The van der Waals surface area contributed by atoms with E-state index in [1.165, 1.54) is 0 Å². The molecule has 0 aliphatic heterocycles. The topological polar surface area (TPSA) is 17.1 Å². The molecule has 1 nitrogen and oxygen atoms in total. The molecule has 0 amide bonds. The van der Waals surface area contributed by atoms with E-state index < -0.39 is 42.8 Å². The fourth-order valence-corrected chi connectivity index (χ4v) is 2.36. The molecular weight excluding hydrogens is 262 g/mol. The summed E-state index contributed by atoms with van der Waals surface area (Å²) in [4.78, 5) is 11.5. The van der Waals surface area contributed by atoms with Crippen molar-refractivity contribution in [2.75, 3.05) is 0 Å². The molecule has 0 spiro atoms. The van der Waals surface area contributed by atoms with Crippen LogP contribution in [0, 0.1) is 11.8 Å². The third-order valence-corrected chi connectivity index (χ3v) is 3.25. The zero-order valence-electron chi connectivity index (χ0n) is 9.57. The Labute approximate surface area is 101 Å². The van der Waals surface area contributed by atoms with E-state index in [0.717, 1.165) is 0 Å². The summed E-state index contributed by atoms with van der Waals surface area (Å²) < 4.78 is 73.8. The van der Waals surface area contributed by atoms with Crippen molar-refractivity contribution in [3.8, 4) is 0 Å². The van der Waals surface area contributed by atoms with Crippen LogP contribution in [0.15, 0.2) is 0 Å². The van der Waals surface area contributed by atoms with Gasteiger partial charge in [0.25, 0.3) is 0 Å². The lowest BCUT2D eigenvalue weighted by atomic mass is 9.75. The SMILES string of the molecule is O=C(CCC(F)(F)F)C1CCCCC1C(F)(F)F. The zero-order valence-corrected chi connectivity index (χ0v) is 9.57. The number of hydrogen-bond acceptors (Lipinski definition) is 1. The van der Waals surface area contributed by atoms with Gasteiger partial charge in [-0.25, -0.2) is 0 Å². The predicted octanol–water partition coefficient (Wildman–Crippen LogP) is 4.27. The van der Waals surface area contributed by atoms with E-state index in [2.05, 4.69) is 0 Å². The normalized spacial score (nSPS) is 26.1. The van der Waals surface area contributed by atoms with Crippen LogP contribution in [-0.4, -0.2) is 18.1 Å². The van der Waals surface area contributed by atoms with Crippen LogP contribution in [0.2, 0.25) is 0 Å². The Morgan fingerprint density at radius 2 is 1.56 bits per heavy atom. The number of carbonyl (C=O) groups excluding carboxylic acids is 1. The van der Waals surface area contributed by atoms with Gasteiger partial charge in [-0.2, -0.15) is 26.3 Å². The summed E-state index contributed by atoms with van der Waals surface area (Å²) in [6.45, 7) is 0. The van der Waals surface area contributed by atoms with E-state index in [4.69, 9.17) is 0 Å². The van der Waals surface area contributed by atoms with Gasteiger partial charge < -0.3 is 0 Å². The van der Waals surface area contributed by atoms with Crippen molar-refractivity contribution in [2.24, 2.45) is 11.8 Å². The van der Waals surface area contributed by atoms with Crippen molar-refractivity contribution in [3.63, 3.8) is 0 Å². The molecule has 1 aliphatic rings. The van der Waals surface area contributed by atoms with Crippen LogP contribution in [0.3, 0.4) is 0 Å². The first kappa shape index (κ1) is 15.3. The predicted molar refractivity (Wildman–Crippen MR) is 51.8 cm³/mol. The second kappa shape index (κ2) is 5.48. The molecule has 0 aromatic heterocycles. The molecule has 18 heavy (non-hydrogen) atoms. The standard InChI is InChI=1S/C11H14F6O/c12-10(13,14)6-5-9(18)7-3-1-2-4-8(7)11(15,16)17/h7-8H,1-6H2. The largest absolute Gasteiger partial charge is 0.392 e. The van der Waals surface area contributed by atoms with Crippen LogP contribution in [0.5, 0.6) is 0 Å². The maximum atomic E-state index is 12.7.